The number of fused-ring (bicyclic) bond motifs is 1. The first kappa shape index (κ1) is 38.6. The molecule has 1 unspecified atom stereocenters. The Hall–Kier alpha value is -4.67. The molecule has 0 aliphatic heterocycles. The summed E-state index contributed by atoms with van der Waals surface area (Å²) in [4.78, 5) is 55.6. The molecule has 0 bridgehead atoms. The highest BCUT2D eigenvalue weighted by atomic mass is 32.2. The molecule has 52 heavy (non-hydrogen) atoms. The van der Waals surface area contributed by atoms with Crippen LogP contribution in [0.2, 0.25) is 0 Å². The molecule has 1 heterocycles. The van der Waals surface area contributed by atoms with Crippen molar-refractivity contribution in [3.63, 3.8) is 0 Å². The highest BCUT2D eigenvalue weighted by molar-refractivity contribution is 8.00. The number of hydrogen-bond acceptors (Lipinski definition) is 7. The third-order valence-electron chi connectivity index (χ3n) is 8.86. The number of esters is 1. The molecule has 0 radical (unpaired) electrons. The van der Waals surface area contributed by atoms with Crippen LogP contribution in [0, 0.1) is 0 Å². The lowest BCUT2D eigenvalue weighted by Gasteiger charge is -2.16. The van der Waals surface area contributed by atoms with Crippen LogP contribution >= 0.6 is 23.1 Å². The average Bonchev–Trinajstić information content (AvgIpc) is 3.46. The Labute approximate surface area is 314 Å². The zero-order valence-electron chi connectivity index (χ0n) is 30.3. The van der Waals surface area contributed by atoms with Crippen LogP contribution in [-0.4, -0.2) is 35.5 Å². The molecule has 8 nitrogen and oxygen atoms in total. The molecule has 1 aliphatic carbocycles. The molecule has 4 aromatic rings. The van der Waals surface area contributed by atoms with Gasteiger partial charge in [-0.1, -0.05) is 82.1 Å². The first-order chi connectivity index (χ1) is 25.2. The molecule has 0 saturated carbocycles. The molecule has 3 amide bonds. The average molecular weight is 738 g/mol. The number of thiophene rings is 1. The third-order valence-corrected chi connectivity index (χ3v) is 11.4. The van der Waals surface area contributed by atoms with Gasteiger partial charge >= 0.3 is 5.97 Å². The fraction of sp³-hybridized carbons (Fsp3) is 0.333. The van der Waals surface area contributed by atoms with Gasteiger partial charge in [-0.15, -0.1) is 23.1 Å². The number of hydrogen-bond donors (Lipinski definition) is 3. The van der Waals surface area contributed by atoms with Crippen molar-refractivity contribution in [1.29, 1.82) is 0 Å². The molecule has 1 atom stereocenters. The molecule has 0 fully saturated rings. The number of ether oxygens (including phenoxy) is 1. The Morgan fingerprint density at radius 3 is 2.29 bits per heavy atom. The zero-order chi connectivity index (χ0) is 37.0. The van der Waals surface area contributed by atoms with E-state index >= 15 is 0 Å². The van der Waals surface area contributed by atoms with Gasteiger partial charge in [-0.05, 0) is 98.0 Å². The van der Waals surface area contributed by atoms with Gasteiger partial charge in [0.05, 0.1) is 17.4 Å². The maximum Gasteiger partial charge on any atom is 0.341 e. The molecule has 3 N–H and O–H groups in total. The standard InChI is InChI=1S/C42H47N3O5S2/c1-5-35(40(48)45-41-37(42(49)50-6-2)33-19-12-7-8-13-20-36(33)52-41)51-32-18-14-17-31(26-32)43-39(47)34(44-38(46)30-15-10-9-11-16-30)25-28-21-23-29(24-22-28)27(3)4/h9-11,14-18,21-27,35H,5-8,12-13,19-20H2,1-4H3,(H,43,47)(H,44,46)(H,45,48)/b34-25+. The van der Waals surface area contributed by atoms with Gasteiger partial charge in [0.25, 0.3) is 11.8 Å². The van der Waals surface area contributed by atoms with Crippen LogP contribution in [0.5, 0.6) is 0 Å². The second-order valence-corrected chi connectivity index (χ2v) is 15.4. The molecule has 1 aromatic heterocycles. The molecular weight excluding hydrogens is 691 g/mol. The fourth-order valence-corrected chi connectivity index (χ4v) is 8.33. The molecule has 1 aliphatic rings. The van der Waals surface area contributed by atoms with Gasteiger partial charge in [0.2, 0.25) is 5.91 Å². The van der Waals surface area contributed by atoms with Crippen molar-refractivity contribution < 1.29 is 23.9 Å². The minimum absolute atomic E-state index is 0.0949. The predicted molar refractivity (Wildman–Crippen MR) is 212 cm³/mol. The van der Waals surface area contributed by atoms with E-state index in [0.29, 0.717) is 34.2 Å². The summed E-state index contributed by atoms with van der Waals surface area (Å²) >= 11 is 2.88. The highest BCUT2D eigenvalue weighted by Gasteiger charge is 2.28. The number of thioether (sulfide) groups is 1. The Morgan fingerprint density at radius 1 is 0.865 bits per heavy atom. The Kier molecular flexibility index (Phi) is 13.9. The van der Waals surface area contributed by atoms with E-state index in [1.54, 1.807) is 43.3 Å². The number of anilines is 2. The summed E-state index contributed by atoms with van der Waals surface area (Å²) in [6.07, 6.45) is 8.25. The molecule has 0 spiro atoms. The molecule has 5 rings (SSSR count). The lowest BCUT2D eigenvalue weighted by molar-refractivity contribution is -0.116. The van der Waals surface area contributed by atoms with Gasteiger partial charge in [0.15, 0.2) is 0 Å². The lowest BCUT2D eigenvalue weighted by Crippen LogP contribution is -2.30. The SMILES string of the molecule is CCOC(=O)c1c(NC(=O)C(CC)Sc2cccc(NC(=O)/C(=C\c3ccc(C(C)C)cc3)NC(=O)c3ccccc3)c2)sc2c1CCCCCC2. The van der Waals surface area contributed by atoms with E-state index < -0.39 is 17.1 Å². The van der Waals surface area contributed by atoms with Gasteiger partial charge in [-0.3, -0.25) is 14.4 Å². The topological polar surface area (TPSA) is 114 Å². The minimum Gasteiger partial charge on any atom is -0.462 e. The number of carbonyl (C=O) groups excluding carboxylic acids is 4. The quantitative estimate of drug-likeness (QED) is 0.0716. The van der Waals surface area contributed by atoms with Gasteiger partial charge in [-0.25, -0.2) is 4.79 Å². The van der Waals surface area contributed by atoms with Crippen LogP contribution in [0.3, 0.4) is 0 Å². The van der Waals surface area contributed by atoms with E-state index in [9.17, 15) is 19.2 Å². The highest BCUT2D eigenvalue weighted by Crippen LogP contribution is 2.38. The Morgan fingerprint density at radius 2 is 1.60 bits per heavy atom. The number of rotatable bonds is 13. The smallest absolute Gasteiger partial charge is 0.341 e. The summed E-state index contributed by atoms with van der Waals surface area (Å²) in [5.41, 5.74) is 4.50. The Balaban J connectivity index is 1.33. The fourth-order valence-electron chi connectivity index (χ4n) is 6.04. The van der Waals surface area contributed by atoms with E-state index in [4.69, 9.17) is 4.74 Å². The summed E-state index contributed by atoms with van der Waals surface area (Å²) in [5, 5.41) is 8.92. The van der Waals surface area contributed by atoms with E-state index in [-0.39, 0.29) is 24.2 Å². The van der Waals surface area contributed by atoms with Crippen LogP contribution in [0.1, 0.15) is 108 Å². The van der Waals surface area contributed by atoms with Gasteiger partial charge in [0, 0.05) is 21.0 Å². The molecule has 10 heteroatoms. The lowest BCUT2D eigenvalue weighted by atomic mass is 9.96. The minimum atomic E-state index is -0.482. The Bertz CT molecular complexity index is 1900. The summed E-state index contributed by atoms with van der Waals surface area (Å²) in [6, 6.07) is 23.9. The van der Waals surface area contributed by atoms with Crippen molar-refractivity contribution in [3.05, 3.63) is 117 Å². The summed E-state index contributed by atoms with van der Waals surface area (Å²) in [5.74, 6) is -1.10. The second kappa shape index (κ2) is 18.7. The van der Waals surface area contributed by atoms with Crippen molar-refractivity contribution in [3.8, 4) is 0 Å². The van der Waals surface area contributed by atoms with Crippen molar-refractivity contribution in [2.45, 2.75) is 88.7 Å². The third kappa shape index (κ3) is 10.2. The van der Waals surface area contributed by atoms with Gasteiger partial charge in [0.1, 0.15) is 10.7 Å². The van der Waals surface area contributed by atoms with E-state index in [0.717, 1.165) is 59.4 Å². The number of benzene rings is 3. The van der Waals surface area contributed by atoms with Crippen LogP contribution in [0.25, 0.3) is 6.08 Å². The largest absolute Gasteiger partial charge is 0.462 e. The van der Waals surface area contributed by atoms with Crippen LogP contribution in [0.4, 0.5) is 10.7 Å². The predicted octanol–water partition coefficient (Wildman–Crippen LogP) is 9.63. The summed E-state index contributed by atoms with van der Waals surface area (Å²) in [7, 11) is 0. The molecule has 272 valence electrons. The van der Waals surface area contributed by atoms with E-state index in [1.165, 1.54) is 28.7 Å². The summed E-state index contributed by atoms with van der Waals surface area (Å²) < 4.78 is 5.43. The maximum absolute atomic E-state index is 13.7. The first-order valence-electron chi connectivity index (χ1n) is 18.0. The van der Waals surface area contributed by atoms with Crippen LogP contribution < -0.4 is 16.0 Å². The van der Waals surface area contributed by atoms with Gasteiger partial charge < -0.3 is 20.7 Å². The molecule has 0 saturated heterocycles. The van der Waals surface area contributed by atoms with Crippen molar-refractivity contribution in [1.82, 2.24) is 5.32 Å². The van der Waals surface area contributed by atoms with Crippen molar-refractivity contribution >= 4 is 63.6 Å². The van der Waals surface area contributed by atoms with Crippen molar-refractivity contribution in [2.75, 3.05) is 17.2 Å². The number of carbonyl (C=O) groups is 4. The second-order valence-electron chi connectivity index (χ2n) is 13.0. The van der Waals surface area contributed by atoms with Crippen molar-refractivity contribution in [2.24, 2.45) is 0 Å². The van der Waals surface area contributed by atoms with E-state index in [2.05, 4.69) is 29.8 Å². The number of amides is 3. The van der Waals surface area contributed by atoms with Crippen LogP contribution in [0.15, 0.2) is 89.5 Å². The van der Waals surface area contributed by atoms with Gasteiger partial charge in [-0.2, -0.15) is 0 Å². The number of aryl methyl sites for hydroxylation is 1. The summed E-state index contributed by atoms with van der Waals surface area (Å²) in [6.45, 7) is 8.23. The van der Waals surface area contributed by atoms with Crippen LogP contribution in [-0.2, 0) is 27.2 Å². The monoisotopic (exact) mass is 737 g/mol. The molecule has 3 aromatic carbocycles. The zero-order valence-corrected chi connectivity index (χ0v) is 31.9. The first-order valence-corrected chi connectivity index (χ1v) is 19.7. The maximum atomic E-state index is 13.7. The molecular formula is C42H47N3O5S2. The van der Waals surface area contributed by atoms with E-state index in [1.807, 2.05) is 55.5 Å². The normalized spacial score (nSPS) is 13.7. The number of nitrogens with one attached hydrogen (secondary N) is 3.